The predicted molar refractivity (Wildman–Crippen MR) is 119 cm³/mol. The van der Waals surface area contributed by atoms with Crippen molar-refractivity contribution in [2.45, 2.75) is 96.8 Å². The Kier molecular flexibility index (Phi) is 7.19. The first-order valence-corrected chi connectivity index (χ1v) is 12.5. The van der Waals surface area contributed by atoms with E-state index in [9.17, 15) is 4.39 Å². The summed E-state index contributed by atoms with van der Waals surface area (Å²) in [6, 6.07) is 3.70. The van der Waals surface area contributed by atoms with E-state index in [-0.39, 0.29) is 5.82 Å². The zero-order valence-corrected chi connectivity index (χ0v) is 18.7. The molecule has 29 heavy (non-hydrogen) atoms. The molecule has 5 atom stereocenters. The van der Waals surface area contributed by atoms with Gasteiger partial charge < -0.3 is 4.74 Å². The molecule has 0 amide bonds. The van der Waals surface area contributed by atoms with Crippen molar-refractivity contribution in [3.05, 3.63) is 29.1 Å². The zero-order valence-electron chi connectivity index (χ0n) is 18.7. The van der Waals surface area contributed by atoms with Crippen molar-refractivity contribution in [2.75, 3.05) is 7.11 Å². The number of methoxy groups -OCH3 is 1. The fourth-order valence-corrected chi connectivity index (χ4v) is 6.92. The van der Waals surface area contributed by atoms with Crippen molar-refractivity contribution in [3.63, 3.8) is 0 Å². The minimum absolute atomic E-state index is 0.187. The Bertz CT molecular complexity index is 669. The van der Waals surface area contributed by atoms with Gasteiger partial charge in [-0.1, -0.05) is 45.4 Å². The van der Waals surface area contributed by atoms with Crippen molar-refractivity contribution >= 4 is 0 Å². The molecule has 1 nitrogen and oxygen atoms in total. The van der Waals surface area contributed by atoms with Gasteiger partial charge in [-0.2, -0.15) is 0 Å². The van der Waals surface area contributed by atoms with Crippen LogP contribution in [0.4, 0.5) is 4.39 Å². The number of ether oxygens (including phenoxy) is 1. The highest BCUT2D eigenvalue weighted by Gasteiger charge is 2.38. The molecule has 3 aliphatic rings. The van der Waals surface area contributed by atoms with E-state index in [0.717, 1.165) is 42.4 Å². The van der Waals surface area contributed by atoms with Gasteiger partial charge in [0.2, 0.25) is 0 Å². The molecular formula is C27H41FO. The summed E-state index contributed by atoms with van der Waals surface area (Å²) in [5, 5.41) is 0. The molecule has 3 aliphatic carbocycles. The molecule has 0 radical (unpaired) electrons. The summed E-state index contributed by atoms with van der Waals surface area (Å²) in [6.45, 7) is 2.31. The number of fused-ring (bicyclic) bond motifs is 2. The van der Waals surface area contributed by atoms with Crippen LogP contribution in [0.2, 0.25) is 0 Å². The Labute approximate surface area is 177 Å². The summed E-state index contributed by atoms with van der Waals surface area (Å²) in [5.74, 6) is 4.87. The van der Waals surface area contributed by atoms with E-state index in [2.05, 4.69) is 6.92 Å². The fraction of sp³-hybridized carbons (Fsp3) is 0.778. The number of unbranched alkanes of at least 4 members (excludes halogenated alkanes) is 3. The third-order valence-electron chi connectivity index (χ3n) is 8.64. The van der Waals surface area contributed by atoms with Crippen LogP contribution in [0.1, 0.15) is 95.1 Å². The van der Waals surface area contributed by atoms with Gasteiger partial charge in [-0.3, -0.25) is 0 Å². The van der Waals surface area contributed by atoms with Gasteiger partial charge >= 0.3 is 0 Å². The van der Waals surface area contributed by atoms with Gasteiger partial charge in [0, 0.05) is 0 Å². The van der Waals surface area contributed by atoms with Crippen LogP contribution in [0.3, 0.4) is 0 Å². The maximum Gasteiger partial charge on any atom is 0.165 e. The van der Waals surface area contributed by atoms with E-state index in [4.69, 9.17) is 4.74 Å². The van der Waals surface area contributed by atoms with E-state index >= 15 is 0 Å². The van der Waals surface area contributed by atoms with E-state index in [1.165, 1.54) is 88.2 Å². The van der Waals surface area contributed by atoms with Crippen LogP contribution in [-0.2, 0) is 12.8 Å². The van der Waals surface area contributed by atoms with Crippen LogP contribution in [0.15, 0.2) is 12.1 Å². The summed E-state index contributed by atoms with van der Waals surface area (Å²) in [5.41, 5.74) is 2.56. The topological polar surface area (TPSA) is 9.23 Å². The molecule has 0 aromatic heterocycles. The second-order valence-electron chi connectivity index (χ2n) is 10.4. The first-order chi connectivity index (χ1) is 14.2. The number of rotatable bonds is 7. The average Bonchev–Trinajstić information content (AvgIpc) is 2.75. The second-order valence-corrected chi connectivity index (χ2v) is 10.4. The standard InChI is InChI=1S/C27H41FO/c1-3-4-5-6-7-19-8-9-21-15-22(11-10-20(21)14-19)23-12-13-24-18-27(29-2)26(28)17-25(24)16-23/h17-23H,3-16H2,1-2H3. The molecular weight excluding hydrogens is 359 g/mol. The second kappa shape index (κ2) is 9.84. The molecule has 0 N–H and O–H groups in total. The molecule has 2 fully saturated rings. The molecule has 5 unspecified atom stereocenters. The largest absolute Gasteiger partial charge is 0.494 e. The van der Waals surface area contributed by atoms with Crippen LogP contribution in [0.25, 0.3) is 0 Å². The molecule has 0 spiro atoms. The van der Waals surface area contributed by atoms with E-state index in [0.29, 0.717) is 5.75 Å². The summed E-state index contributed by atoms with van der Waals surface area (Å²) < 4.78 is 19.4. The van der Waals surface area contributed by atoms with Crippen LogP contribution in [0, 0.1) is 35.4 Å². The SMILES string of the molecule is CCCCCCC1CCC2CC(C3CCc4cc(OC)c(F)cc4C3)CCC2C1. The van der Waals surface area contributed by atoms with E-state index in [1.54, 1.807) is 13.2 Å². The summed E-state index contributed by atoms with van der Waals surface area (Å²) >= 11 is 0. The van der Waals surface area contributed by atoms with Gasteiger partial charge in [0.05, 0.1) is 7.11 Å². The Morgan fingerprint density at radius 3 is 2.41 bits per heavy atom. The average molecular weight is 401 g/mol. The van der Waals surface area contributed by atoms with Gasteiger partial charge in [-0.15, -0.1) is 0 Å². The smallest absolute Gasteiger partial charge is 0.165 e. The van der Waals surface area contributed by atoms with E-state index in [1.807, 2.05) is 6.07 Å². The molecule has 2 heteroatoms. The van der Waals surface area contributed by atoms with Gasteiger partial charge in [0.1, 0.15) is 0 Å². The summed E-state index contributed by atoms with van der Waals surface area (Å²) in [6.07, 6.45) is 19.4. The summed E-state index contributed by atoms with van der Waals surface area (Å²) in [4.78, 5) is 0. The molecule has 0 aliphatic heterocycles. The fourth-order valence-electron chi connectivity index (χ4n) is 6.92. The lowest BCUT2D eigenvalue weighted by Gasteiger charge is -2.45. The molecule has 0 saturated heterocycles. The monoisotopic (exact) mass is 400 g/mol. The third-order valence-corrected chi connectivity index (χ3v) is 8.64. The molecule has 0 heterocycles. The minimum Gasteiger partial charge on any atom is -0.494 e. The Morgan fingerprint density at radius 1 is 0.862 bits per heavy atom. The Morgan fingerprint density at radius 2 is 1.62 bits per heavy atom. The highest BCUT2D eigenvalue weighted by Crippen LogP contribution is 2.49. The molecule has 1 aromatic carbocycles. The van der Waals surface area contributed by atoms with Gasteiger partial charge in [0.15, 0.2) is 11.6 Å². The van der Waals surface area contributed by atoms with Crippen molar-refractivity contribution in [1.29, 1.82) is 0 Å². The predicted octanol–water partition coefficient (Wildman–Crippen LogP) is 7.74. The van der Waals surface area contributed by atoms with E-state index < -0.39 is 0 Å². The molecule has 2 saturated carbocycles. The van der Waals surface area contributed by atoms with Crippen molar-refractivity contribution in [2.24, 2.45) is 29.6 Å². The van der Waals surface area contributed by atoms with Gasteiger partial charge in [0.25, 0.3) is 0 Å². The number of hydrogen-bond acceptors (Lipinski definition) is 1. The van der Waals surface area contributed by atoms with Crippen molar-refractivity contribution < 1.29 is 9.13 Å². The number of halogens is 1. The maximum atomic E-state index is 14.2. The third kappa shape index (κ3) is 5.00. The Balaban J connectivity index is 1.29. The number of benzene rings is 1. The highest BCUT2D eigenvalue weighted by molar-refractivity contribution is 5.38. The highest BCUT2D eigenvalue weighted by atomic mass is 19.1. The summed E-state index contributed by atoms with van der Waals surface area (Å²) in [7, 11) is 1.56. The van der Waals surface area contributed by atoms with Crippen LogP contribution >= 0.6 is 0 Å². The Hall–Kier alpha value is -1.05. The number of hydrogen-bond donors (Lipinski definition) is 0. The normalized spacial score (nSPS) is 31.8. The lowest BCUT2D eigenvalue weighted by atomic mass is 9.61. The number of aryl methyl sites for hydroxylation is 1. The molecule has 4 rings (SSSR count). The molecule has 1 aromatic rings. The first kappa shape index (κ1) is 21.2. The van der Waals surface area contributed by atoms with Crippen molar-refractivity contribution in [3.8, 4) is 5.75 Å². The molecule has 162 valence electrons. The maximum absolute atomic E-state index is 14.2. The van der Waals surface area contributed by atoms with Crippen LogP contribution < -0.4 is 4.74 Å². The first-order valence-electron chi connectivity index (χ1n) is 12.5. The lowest BCUT2D eigenvalue weighted by Crippen LogP contribution is -2.35. The quantitative estimate of drug-likeness (QED) is 0.425. The minimum atomic E-state index is -0.187. The van der Waals surface area contributed by atoms with Gasteiger partial charge in [-0.05, 0) is 104 Å². The van der Waals surface area contributed by atoms with Gasteiger partial charge in [-0.25, -0.2) is 4.39 Å². The van der Waals surface area contributed by atoms with Crippen molar-refractivity contribution in [1.82, 2.24) is 0 Å². The lowest BCUT2D eigenvalue weighted by molar-refractivity contribution is 0.0689. The molecule has 0 bridgehead atoms. The zero-order chi connectivity index (χ0) is 20.2. The van der Waals surface area contributed by atoms with Crippen LogP contribution in [0.5, 0.6) is 5.75 Å². The van der Waals surface area contributed by atoms with Crippen LogP contribution in [-0.4, -0.2) is 7.11 Å².